The smallest absolute Gasteiger partial charge is 0.269 e. The molecule has 0 N–H and O–H groups in total. The maximum atomic E-state index is 6.25. The monoisotopic (exact) mass is 312 g/mol. The first kappa shape index (κ1) is 14.4. The quantitative estimate of drug-likeness (QED) is 0.712. The van der Waals surface area contributed by atoms with Crippen LogP contribution in [0, 0.1) is 0 Å². The van der Waals surface area contributed by atoms with Crippen LogP contribution in [0.15, 0.2) is 59.1 Å². The molecule has 22 heavy (non-hydrogen) atoms. The highest BCUT2D eigenvalue weighted by molar-refractivity contribution is 6.50. The molecule has 0 aliphatic rings. The van der Waals surface area contributed by atoms with Crippen LogP contribution in [0.4, 0.5) is 0 Å². The van der Waals surface area contributed by atoms with E-state index in [4.69, 9.17) is 20.9 Å². The molecule has 1 aromatic heterocycles. The van der Waals surface area contributed by atoms with E-state index in [-0.39, 0.29) is 5.89 Å². The van der Waals surface area contributed by atoms with Crippen LogP contribution in [0.1, 0.15) is 11.5 Å². The second kappa shape index (κ2) is 6.45. The van der Waals surface area contributed by atoms with Gasteiger partial charge in [-0.3, -0.25) is 0 Å². The van der Waals surface area contributed by atoms with E-state index in [1.54, 1.807) is 13.2 Å². The van der Waals surface area contributed by atoms with Crippen molar-refractivity contribution in [2.75, 3.05) is 7.11 Å². The number of aromatic nitrogens is 2. The Hall–Kier alpha value is -2.59. The molecule has 0 spiro atoms. The second-order valence-corrected chi connectivity index (χ2v) is 4.96. The molecule has 0 unspecified atom stereocenters. The topological polar surface area (TPSA) is 48.2 Å². The van der Waals surface area contributed by atoms with E-state index in [1.807, 2.05) is 54.6 Å². The number of methoxy groups -OCH3 is 1. The van der Waals surface area contributed by atoms with Crippen molar-refractivity contribution in [3.63, 3.8) is 0 Å². The fourth-order valence-corrected chi connectivity index (χ4v) is 2.14. The molecule has 1 heterocycles. The second-order valence-electron chi connectivity index (χ2n) is 4.55. The molecular weight excluding hydrogens is 300 g/mol. The van der Waals surface area contributed by atoms with Gasteiger partial charge >= 0.3 is 0 Å². The van der Waals surface area contributed by atoms with Gasteiger partial charge < -0.3 is 9.26 Å². The summed E-state index contributed by atoms with van der Waals surface area (Å²) in [4.78, 5) is 4.31. The zero-order chi connectivity index (χ0) is 15.4. The largest absolute Gasteiger partial charge is 0.497 e. The zero-order valence-electron chi connectivity index (χ0n) is 11.9. The average Bonchev–Trinajstić information content (AvgIpc) is 3.06. The molecule has 0 radical (unpaired) electrons. The summed E-state index contributed by atoms with van der Waals surface area (Å²) in [6, 6.07) is 17.1. The Bertz CT molecular complexity index is 780. The number of rotatable bonds is 4. The molecule has 0 bridgehead atoms. The Balaban J connectivity index is 1.84. The normalized spacial score (nSPS) is 11.5. The fourth-order valence-electron chi connectivity index (χ4n) is 1.93. The Morgan fingerprint density at radius 3 is 2.50 bits per heavy atom. The van der Waals surface area contributed by atoms with Crippen LogP contribution in [-0.2, 0) is 0 Å². The molecule has 0 saturated heterocycles. The highest BCUT2D eigenvalue weighted by atomic mass is 35.5. The van der Waals surface area contributed by atoms with Crippen molar-refractivity contribution in [1.29, 1.82) is 0 Å². The maximum Gasteiger partial charge on any atom is 0.269 e. The highest BCUT2D eigenvalue weighted by Crippen LogP contribution is 2.24. The van der Waals surface area contributed by atoms with Gasteiger partial charge in [0.05, 0.1) is 7.11 Å². The predicted octanol–water partition coefficient (Wildman–Crippen LogP) is 4.48. The summed E-state index contributed by atoms with van der Waals surface area (Å²) in [7, 11) is 1.63. The molecular formula is C17H13ClN2O2. The van der Waals surface area contributed by atoms with Crippen molar-refractivity contribution in [3.8, 4) is 17.1 Å². The lowest BCUT2D eigenvalue weighted by molar-refractivity contribution is 0.410. The molecule has 2 aromatic carbocycles. The molecule has 110 valence electrons. The number of halogens is 1. The summed E-state index contributed by atoms with van der Waals surface area (Å²) in [6.07, 6.45) is 1.77. The molecule has 0 saturated carbocycles. The summed E-state index contributed by atoms with van der Waals surface area (Å²) in [5.74, 6) is 1.59. The number of benzene rings is 2. The molecule has 0 amide bonds. The van der Waals surface area contributed by atoms with Gasteiger partial charge in [0.25, 0.3) is 5.89 Å². The van der Waals surface area contributed by atoms with E-state index in [1.165, 1.54) is 0 Å². The van der Waals surface area contributed by atoms with E-state index < -0.39 is 0 Å². The van der Waals surface area contributed by atoms with E-state index in [0.29, 0.717) is 10.9 Å². The van der Waals surface area contributed by atoms with Crippen molar-refractivity contribution < 1.29 is 9.26 Å². The Kier molecular flexibility index (Phi) is 4.21. The van der Waals surface area contributed by atoms with Crippen LogP contribution in [0.25, 0.3) is 22.5 Å². The molecule has 0 aliphatic carbocycles. The van der Waals surface area contributed by atoms with Crippen molar-refractivity contribution >= 4 is 22.7 Å². The third kappa shape index (κ3) is 3.18. The third-order valence-electron chi connectivity index (χ3n) is 3.07. The molecule has 0 aliphatic heterocycles. The lowest BCUT2D eigenvalue weighted by atomic mass is 10.2. The highest BCUT2D eigenvalue weighted by Gasteiger charge is 2.11. The maximum absolute atomic E-state index is 6.25. The Labute approximate surface area is 133 Å². The van der Waals surface area contributed by atoms with Crippen molar-refractivity contribution in [3.05, 3.63) is 66.1 Å². The minimum Gasteiger partial charge on any atom is -0.497 e. The summed E-state index contributed by atoms with van der Waals surface area (Å²) in [5, 5.41) is 4.33. The molecule has 0 atom stereocenters. The number of hydrogen-bond acceptors (Lipinski definition) is 4. The van der Waals surface area contributed by atoms with Crippen LogP contribution >= 0.6 is 11.6 Å². The number of nitrogens with zero attached hydrogens (tertiary/aromatic N) is 2. The van der Waals surface area contributed by atoms with Crippen LogP contribution in [-0.4, -0.2) is 17.3 Å². The van der Waals surface area contributed by atoms with Crippen LogP contribution < -0.4 is 4.74 Å². The van der Waals surface area contributed by atoms with Gasteiger partial charge in [-0.25, -0.2) is 0 Å². The molecule has 4 nitrogen and oxygen atoms in total. The summed E-state index contributed by atoms with van der Waals surface area (Å²) in [5.41, 5.74) is 1.80. The predicted molar refractivity (Wildman–Crippen MR) is 86.5 cm³/mol. The van der Waals surface area contributed by atoms with Crippen molar-refractivity contribution in [1.82, 2.24) is 10.1 Å². The Morgan fingerprint density at radius 1 is 1.09 bits per heavy atom. The van der Waals surface area contributed by atoms with E-state index in [2.05, 4.69) is 10.1 Å². The van der Waals surface area contributed by atoms with Gasteiger partial charge in [0.1, 0.15) is 10.8 Å². The molecule has 3 rings (SSSR count). The summed E-state index contributed by atoms with van der Waals surface area (Å²) in [6.45, 7) is 0. The van der Waals surface area contributed by atoms with Gasteiger partial charge in [-0.1, -0.05) is 59.2 Å². The lowest BCUT2D eigenvalue weighted by Gasteiger charge is -1.99. The average molecular weight is 313 g/mol. The first-order valence-electron chi connectivity index (χ1n) is 6.67. The summed E-state index contributed by atoms with van der Waals surface area (Å²) >= 11 is 6.25. The minimum atomic E-state index is 0.288. The molecule has 3 aromatic rings. The van der Waals surface area contributed by atoms with Gasteiger partial charge in [0.15, 0.2) is 0 Å². The minimum absolute atomic E-state index is 0.288. The van der Waals surface area contributed by atoms with E-state index >= 15 is 0 Å². The van der Waals surface area contributed by atoms with E-state index in [9.17, 15) is 0 Å². The SMILES string of the molecule is COc1ccc(/C=C(\Cl)c2nc(-c3ccccc3)no2)cc1. The van der Waals surface area contributed by atoms with Gasteiger partial charge in [-0.05, 0) is 23.8 Å². The van der Waals surface area contributed by atoms with Gasteiger partial charge in [0.2, 0.25) is 5.82 Å². The number of ether oxygens (including phenoxy) is 1. The van der Waals surface area contributed by atoms with Crippen LogP contribution in [0.2, 0.25) is 0 Å². The first-order chi connectivity index (χ1) is 10.8. The van der Waals surface area contributed by atoms with Crippen molar-refractivity contribution in [2.24, 2.45) is 0 Å². The van der Waals surface area contributed by atoms with Gasteiger partial charge in [0, 0.05) is 5.56 Å². The van der Waals surface area contributed by atoms with Gasteiger partial charge in [-0.15, -0.1) is 0 Å². The molecule has 0 fully saturated rings. The van der Waals surface area contributed by atoms with Crippen LogP contribution in [0.5, 0.6) is 5.75 Å². The standard InChI is InChI=1S/C17H13ClN2O2/c1-21-14-9-7-12(8-10-14)11-15(18)17-19-16(20-22-17)13-5-3-2-4-6-13/h2-11H,1H3/b15-11-. The van der Waals surface area contributed by atoms with Crippen LogP contribution in [0.3, 0.4) is 0 Å². The van der Waals surface area contributed by atoms with Gasteiger partial charge in [-0.2, -0.15) is 4.98 Å². The zero-order valence-corrected chi connectivity index (χ0v) is 12.6. The summed E-state index contributed by atoms with van der Waals surface area (Å²) < 4.78 is 10.3. The lowest BCUT2D eigenvalue weighted by Crippen LogP contribution is -1.83. The van der Waals surface area contributed by atoms with E-state index in [0.717, 1.165) is 16.9 Å². The number of hydrogen-bond donors (Lipinski definition) is 0. The van der Waals surface area contributed by atoms with Crippen molar-refractivity contribution in [2.45, 2.75) is 0 Å². The first-order valence-corrected chi connectivity index (χ1v) is 7.05. The fraction of sp³-hybridized carbons (Fsp3) is 0.0588. The molecule has 5 heteroatoms. The third-order valence-corrected chi connectivity index (χ3v) is 3.34. The Morgan fingerprint density at radius 2 is 1.82 bits per heavy atom.